The number of aliphatic hydroxyl groups is 1. The van der Waals surface area contributed by atoms with E-state index < -0.39 is 16.6 Å². The number of rotatable bonds is 0. The van der Waals surface area contributed by atoms with Crippen LogP contribution in [-0.4, -0.2) is 29.1 Å². The van der Waals surface area contributed by atoms with Gasteiger partial charge in [-0.15, -0.1) is 0 Å². The van der Waals surface area contributed by atoms with Crippen molar-refractivity contribution in [3.63, 3.8) is 0 Å². The monoisotopic (exact) mass is 360 g/mol. The topological polar surface area (TPSA) is 63.6 Å². The molecule has 1 N–H and O–H groups in total. The van der Waals surface area contributed by atoms with Crippen LogP contribution in [0.1, 0.15) is 72.6 Å². The standard InChI is InChI=1S/C22H32O4/c1-18(2)15-11-17(24)20(4)13-5-6-16(23)19(13,3)8-7-14(20)21(15)9-10-22(18,25)26-12-21/h13-15,25H,5-12H2,1-4H3/t13-,14+,15+,19-,20+,21+,22+/m1/s1. The molecule has 6 aliphatic rings. The van der Waals surface area contributed by atoms with E-state index in [1.54, 1.807) is 0 Å². The molecule has 0 amide bonds. The highest BCUT2D eigenvalue weighted by atomic mass is 16.6. The Morgan fingerprint density at radius 3 is 2.31 bits per heavy atom. The van der Waals surface area contributed by atoms with Gasteiger partial charge in [0.15, 0.2) is 5.79 Å². The van der Waals surface area contributed by atoms with E-state index in [1.807, 2.05) is 0 Å². The van der Waals surface area contributed by atoms with Gasteiger partial charge in [-0.2, -0.15) is 0 Å². The minimum Gasteiger partial charge on any atom is -0.365 e. The highest BCUT2D eigenvalue weighted by Gasteiger charge is 2.75. The first-order valence-electron chi connectivity index (χ1n) is 10.5. The van der Waals surface area contributed by atoms with Crippen molar-refractivity contribution in [3.05, 3.63) is 0 Å². The summed E-state index contributed by atoms with van der Waals surface area (Å²) in [7, 11) is 0. The Morgan fingerprint density at radius 2 is 1.65 bits per heavy atom. The largest absolute Gasteiger partial charge is 0.365 e. The number of ether oxygens (including phenoxy) is 1. The molecule has 4 saturated carbocycles. The predicted octanol–water partition coefficient (Wildman–Crippen LogP) is 3.50. The SMILES string of the molecule is CC1(C)[C@@H]2CC(=O)[C@]3(C)[C@H](CC[C@@]4(C)C(=O)CC[C@@H]34)[C@@]23CC[C@]1(O)OC3. The van der Waals surface area contributed by atoms with Crippen LogP contribution >= 0.6 is 0 Å². The molecule has 2 saturated heterocycles. The van der Waals surface area contributed by atoms with Crippen LogP contribution in [0.4, 0.5) is 0 Å². The lowest BCUT2D eigenvalue weighted by Crippen LogP contribution is -2.74. The average molecular weight is 360 g/mol. The third kappa shape index (κ3) is 1.59. The summed E-state index contributed by atoms with van der Waals surface area (Å²) in [5, 5.41) is 11.1. The summed E-state index contributed by atoms with van der Waals surface area (Å²) >= 11 is 0. The lowest BCUT2D eigenvalue weighted by Gasteiger charge is -2.72. The molecular weight excluding hydrogens is 328 g/mol. The summed E-state index contributed by atoms with van der Waals surface area (Å²) in [5.41, 5.74) is -1.16. The van der Waals surface area contributed by atoms with Crippen molar-refractivity contribution in [2.45, 2.75) is 78.4 Å². The molecule has 6 fully saturated rings. The zero-order chi connectivity index (χ0) is 18.8. The lowest BCUT2D eigenvalue weighted by atomic mass is 9.35. The number of carbonyl (C=O) groups excluding carboxylic acids is 2. The Hall–Kier alpha value is -0.740. The summed E-state index contributed by atoms with van der Waals surface area (Å²) in [5.74, 6) is 0.236. The van der Waals surface area contributed by atoms with Crippen LogP contribution in [0.5, 0.6) is 0 Å². The van der Waals surface area contributed by atoms with Gasteiger partial charge in [0.2, 0.25) is 0 Å². The Bertz CT molecular complexity index is 701. The van der Waals surface area contributed by atoms with Crippen molar-refractivity contribution in [2.75, 3.05) is 6.61 Å². The number of hydrogen-bond donors (Lipinski definition) is 1. The number of hydrogen-bond acceptors (Lipinski definition) is 4. The molecule has 4 heteroatoms. The van der Waals surface area contributed by atoms with Crippen LogP contribution in [0, 0.1) is 39.4 Å². The van der Waals surface area contributed by atoms with E-state index in [1.165, 1.54) is 0 Å². The molecule has 0 aromatic heterocycles. The molecule has 0 radical (unpaired) electrons. The van der Waals surface area contributed by atoms with Gasteiger partial charge < -0.3 is 9.84 Å². The highest BCUT2D eigenvalue weighted by molar-refractivity contribution is 5.92. The summed E-state index contributed by atoms with van der Waals surface area (Å²) < 4.78 is 6.10. The van der Waals surface area contributed by atoms with Gasteiger partial charge in [-0.3, -0.25) is 9.59 Å². The maximum atomic E-state index is 13.6. The third-order valence-electron chi connectivity index (χ3n) is 10.2. The lowest BCUT2D eigenvalue weighted by molar-refractivity contribution is -0.390. The van der Waals surface area contributed by atoms with Crippen LogP contribution in [-0.2, 0) is 14.3 Å². The van der Waals surface area contributed by atoms with E-state index in [2.05, 4.69) is 27.7 Å². The fourth-order valence-electron chi connectivity index (χ4n) is 8.56. The Labute approximate surface area is 156 Å². The van der Waals surface area contributed by atoms with Crippen molar-refractivity contribution in [3.8, 4) is 0 Å². The molecule has 2 bridgehead atoms. The molecule has 0 aromatic rings. The van der Waals surface area contributed by atoms with Crippen LogP contribution in [0.3, 0.4) is 0 Å². The quantitative estimate of drug-likeness (QED) is 0.718. The minimum atomic E-state index is -1.10. The number of ketones is 2. The second-order valence-electron chi connectivity index (χ2n) is 11.0. The highest BCUT2D eigenvalue weighted by Crippen LogP contribution is 2.74. The number of carbonyl (C=O) groups is 2. The van der Waals surface area contributed by atoms with Crippen molar-refractivity contribution < 1.29 is 19.4 Å². The summed E-state index contributed by atoms with van der Waals surface area (Å²) in [6.45, 7) is 9.04. The normalized spacial score (nSPS) is 57.5. The van der Waals surface area contributed by atoms with Crippen LogP contribution < -0.4 is 0 Å². The number of fused-ring (bicyclic) bond motifs is 5. The minimum absolute atomic E-state index is 0.0242. The van der Waals surface area contributed by atoms with Gasteiger partial charge in [0.25, 0.3) is 0 Å². The second-order valence-corrected chi connectivity index (χ2v) is 11.0. The molecule has 1 spiro atoms. The third-order valence-corrected chi connectivity index (χ3v) is 10.2. The molecular formula is C22H32O4. The summed E-state index contributed by atoms with van der Waals surface area (Å²) in [6, 6.07) is 0. The molecule has 2 heterocycles. The summed E-state index contributed by atoms with van der Waals surface area (Å²) in [6.07, 6.45) is 5.49. The van der Waals surface area contributed by atoms with Gasteiger partial charge in [-0.25, -0.2) is 0 Å². The Kier molecular flexibility index (Phi) is 3.09. The zero-order valence-electron chi connectivity index (χ0n) is 16.6. The van der Waals surface area contributed by atoms with Crippen LogP contribution in [0.15, 0.2) is 0 Å². The van der Waals surface area contributed by atoms with E-state index in [9.17, 15) is 14.7 Å². The molecule has 4 aliphatic carbocycles. The maximum absolute atomic E-state index is 13.6. The van der Waals surface area contributed by atoms with Gasteiger partial charge in [-0.1, -0.05) is 27.7 Å². The second kappa shape index (κ2) is 4.63. The fraction of sp³-hybridized carbons (Fsp3) is 0.909. The van der Waals surface area contributed by atoms with Crippen molar-refractivity contribution in [2.24, 2.45) is 39.4 Å². The smallest absolute Gasteiger partial charge is 0.170 e. The average Bonchev–Trinajstić information content (AvgIpc) is 2.88. The van der Waals surface area contributed by atoms with Crippen LogP contribution in [0.25, 0.3) is 0 Å². The molecule has 4 nitrogen and oxygen atoms in total. The summed E-state index contributed by atoms with van der Waals surface area (Å²) in [4.78, 5) is 26.3. The molecule has 6 rings (SSSR count). The van der Waals surface area contributed by atoms with Crippen LogP contribution in [0.2, 0.25) is 0 Å². The molecule has 0 aromatic carbocycles. The molecule has 2 aliphatic heterocycles. The Morgan fingerprint density at radius 1 is 0.923 bits per heavy atom. The van der Waals surface area contributed by atoms with Crippen molar-refractivity contribution in [1.82, 2.24) is 0 Å². The van der Waals surface area contributed by atoms with E-state index in [4.69, 9.17) is 4.74 Å². The van der Waals surface area contributed by atoms with Crippen molar-refractivity contribution >= 4 is 11.6 Å². The van der Waals surface area contributed by atoms with E-state index in [0.717, 1.165) is 25.7 Å². The van der Waals surface area contributed by atoms with Gasteiger partial charge in [0, 0.05) is 40.9 Å². The Balaban J connectivity index is 1.65. The molecule has 26 heavy (non-hydrogen) atoms. The fourth-order valence-corrected chi connectivity index (χ4v) is 8.56. The van der Waals surface area contributed by atoms with Gasteiger partial charge in [0.1, 0.15) is 11.6 Å². The number of Topliss-reactive ketones (excluding diaryl/α,β-unsaturated/α-hetero) is 2. The van der Waals surface area contributed by atoms with Crippen molar-refractivity contribution in [1.29, 1.82) is 0 Å². The van der Waals surface area contributed by atoms with Gasteiger partial charge in [-0.05, 0) is 43.4 Å². The zero-order valence-corrected chi connectivity index (χ0v) is 16.6. The van der Waals surface area contributed by atoms with Gasteiger partial charge in [0.05, 0.1) is 6.61 Å². The maximum Gasteiger partial charge on any atom is 0.170 e. The molecule has 7 atom stereocenters. The molecule has 0 unspecified atom stereocenters. The van der Waals surface area contributed by atoms with E-state index in [0.29, 0.717) is 37.4 Å². The van der Waals surface area contributed by atoms with E-state index >= 15 is 0 Å². The van der Waals surface area contributed by atoms with E-state index in [-0.39, 0.29) is 28.6 Å². The predicted molar refractivity (Wildman–Crippen MR) is 96.1 cm³/mol. The first-order chi connectivity index (χ1) is 12.0. The molecule has 144 valence electrons. The first kappa shape index (κ1) is 17.4. The first-order valence-corrected chi connectivity index (χ1v) is 10.5. The van der Waals surface area contributed by atoms with Gasteiger partial charge >= 0.3 is 0 Å².